The fourth-order valence-electron chi connectivity index (χ4n) is 1.79. The third-order valence-corrected chi connectivity index (χ3v) is 4.46. The van der Waals surface area contributed by atoms with Gasteiger partial charge in [0.25, 0.3) is 0 Å². The number of benzene rings is 1. The summed E-state index contributed by atoms with van der Waals surface area (Å²) in [6.07, 6.45) is 0. The van der Waals surface area contributed by atoms with Gasteiger partial charge in [-0.25, -0.2) is 4.39 Å². The van der Waals surface area contributed by atoms with Crippen LogP contribution in [0.2, 0.25) is 0 Å². The van der Waals surface area contributed by atoms with Crippen molar-refractivity contribution in [3.8, 4) is 0 Å². The number of oxime groups is 1. The van der Waals surface area contributed by atoms with Crippen molar-refractivity contribution in [3.63, 3.8) is 0 Å². The summed E-state index contributed by atoms with van der Waals surface area (Å²) in [5.41, 5.74) is 6.24. The highest BCUT2D eigenvalue weighted by molar-refractivity contribution is 9.10. The molecule has 7 heteroatoms. The van der Waals surface area contributed by atoms with Crippen molar-refractivity contribution >= 4 is 38.8 Å². The summed E-state index contributed by atoms with van der Waals surface area (Å²) in [5.74, 6) is -0.521. The van der Waals surface area contributed by atoms with Crippen LogP contribution in [0.3, 0.4) is 0 Å². The van der Waals surface area contributed by atoms with Gasteiger partial charge in [0.15, 0.2) is 5.84 Å². The fraction of sp³-hybridized carbons (Fsp3) is 0.154. The maximum atomic E-state index is 14.1. The maximum absolute atomic E-state index is 14.1. The number of rotatable bonds is 4. The quantitative estimate of drug-likeness (QED) is 0.381. The van der Waals surface area contributed by atoms with Gasteiger partial charge >= 0.3 is 0 Å². The van der Waals surface area contributed by atoms with E-state index in [0.717, 1.165) is 9.35 Å². The third kappa shape index (κ3) is 3.29. The molecule has 1 heterocycles. The second-order valence-electron chi connectivity index (χ2n) is 4.24. The highest BCUT2D eigenvalue weighted by Crippen LogP contribution is 2.25. The normalized spacial score (nSPS) is 11.7. The Balaban J connectivity index is 2.20. The van der Waals surface area contributed by atoms with E-state index < -0.39 is 5.82 Å². The molecule has 3 N–H and O–H groups in total. The van der Waals surface area contributed by atoms with Gasteiger partial charge in [0, 0.05) is 27.3 Å². The second kappa shape index (κ2) is 6.23. The molecule has 0 aliphatic rings. The molecule has 0 radical (unpaired) electrons. The first-order valence-corrected chi connectivity index (χ1v) is 7.40. The molecule has 2 aromatic rings. The van der Waals surface area contributed by atoms with Gasteiger partial charge < -0.3 is 15.8 Å². The molecule has 4 nitrogen and oxygen atoms in total. The zero-order valence-corrected chi connectivity index (χ0v) is 13.1. The van der Waals surface area contributed by atoms with E-state index in [1.807, 2.05) is 23.4 Å². The Morgan fingerprint density at radius 2 is 2.25 bits per heavy atom. The number of halogens is 2. The minimum absolute atomic E-state index is 0.111. The number of amidine groups is 1. The van der Waals surface area contributed by atoms with E-state index in [9.17, 15) is 4.39 Å². The lowest BCUT2D eigenvalue weighted by Gasteiger charge is -2.19. The summed E-state index contributed by atoms with van der Waals surface area (Å²) in [6.45, 7) is 0.607. The molecule has 2 rings (SSSR count). The molecule has 20 heavy (non-hydrogen) atoms. The molecule has 0 amide bonds. The highest BCUT2D eigenvalue weighted by atomic mass is 79.9. The Hall–Kier alpha value is -1.60. The SMILES string of the molecule is CN(Cc1cc(Br)cs1)c1ccc(C(N)=NO)cc1F. The Morgan fingerprint density at radius 1 is 1.50 bits per heavy atom. The average molecular weight is 358 g/mol. The van der Waals surface area contributed by atoms with Crippen molar-refractivity contribution in [1.29, 1.82) is 0 Å². The molecule has 0 atom stereocenters. The standard InChI is InChI=1S/C13H13BrFN3OS/c1-18(6-10-5-9(14)7-20-10)12-3-2-8(4-11(12)15)13(16)17-19/h2-5,7,19H,6H2,1H3,(H2,16,17). The van der Waals surface area contributed by atoms with Gasteiger partial charge in [-0.2, -0.15) is 0 Å². The number of hydrogen-bond acceptors (Lipinski definition) is 4. The summed E-state index contributed by atoms with van der Waals surface area (Å²) in [5, 5.41) is 13.4. The molecule has 0 saturated heterocycles. The van der Waals surface area contributed by atoms with E-state index in [4.69, 9.17) is 10.9 Å². The molecule has 0 aliphatic carbocycles. The minimum Gasteiger partial charge on any atom is -0.409 e. The number of nitrogens with two attached hydrogens (primary N) is 1. The molecule has 1 aromatic heterocycles. The smallest absolute Gasteiger partial charge is 0.170 e. The first kappa shape index (κ1) is 14.8. The van der Waals surface area contributed by atoms with Crippen LogP contribution in [0.4, 0.5) is 10.1 Å². The molecule has 0 saturated carbocycles. The summed E-state index contributed by atoms with van der Waals surface area (Å²) in [4.78, 5) is 2.93. The fourth-order valence-corrected chi connectivity index (χ4v) is 3.29. The first-order chi connectivity index (χ1) is 9.51. The van der Waals surface area contributed by atoms with Crippen molar-refractivity contribution < 1.29 is 9.60 Å². The average Bonchev–Trinajstić information content (AvgIpc) is 2.82. The number of hydrogen-bond donors (Lipinski definition) is 2. The monoisotopic (exact) mass is 357 g/mol. The molecule has 0 aliphatic heterocycles. The van der Waals surface area contributed by atoms with E-state index in [0.29, 0.717) is 17.8 Å². The lowest BCUT2D eigenvalue weighted by molar-refractivity contribution is 0.318. The van der Waals surface area contributed by atoms with E-state index in [1.165, 1.54) is 6.07 Å². The van der Waals surface area contributed by atoms with Gasteiger partial charge in [0.05, 0.1) is 12.2 Å². The van der Waals surface area contributed by atoms with Gasteiger partial charge in [0.2, 0.25) is 0 Å². The van der Waals surface area contributed by atoms with Crippen LogP contribution in [0, 0.1) is 5.82 Å². The van der Waals surface area contributed by atoms with Gasteiger partial charge in [-0.05, 0) is 40.2 Å². The minimum atomic E-state index is -0.410. The number of thiophene rings is 1. The third-order valence-electron chi connectivity index (χ3n) is 2.78. The number of anilines is 1. The Morgan fingerprint density at radius 3 is 2.80 bits per heavy atom. The predicted molar refractivity (Wildman–Crippen MR) is 83.0 cm³/mol. The molecular formula is C13H13BrFN3OS. The van der Waals surface area contributed by atoms with E-state index in [-0.39, 0.29) is 5.84 Å². The summed E-state index contributed by atoms with van der Waals surface area (Å²) >= 11 is 5.00. The Labute approximate surface area is 128 Å². The first-order valence-electron chi connectivity index (χ1n) is 5.72. The summed E-state index contributed by atoms with van der Waals surface area (Å²) < 4.78 is 15.1. The van der Waals surface area contributed by atoms with E-state index in [1.54, 1.807) is 23.5 Å². The Bertz CT molecular complexity index is 644. The van der Waals surface area contributed by atoms with Crippen LogP contribution in [0.15, 0.2) is 39.3 Å². The topological polar surface area (TPSA) is 61.8 Å². The van der Waals surface area contributed by atoms with Gasteiger partial charge in [-0.1, -0.05) is 5.16 Å². The molecular weight excluding hydrogens is 345 g/mol. The van der Waals surface area contributed by atoms with Crippen molar-refractivity contribution in [2.24, 2.45) is 10.9 Å². The second-order valence-corrected chi connectivity index (χ2v) is 6.15. The highest BCUT2D eigenvalue weighted by Gasteiger charge is 2.11. The predicted octanol–water partition coefficient (Wildman–Crippen LogP) is 3.38. The molecule has 106 valence electrons. The van der Waals surface area contributed by atoms with Crippen LogP contribution in [0.5, 0.6) is 0 Å². The zero-order chi connectivity index (χ0) is 14.7. The van der Waals surface area contributed by atoms with Crippen molar-refractivity contribution in [1.82, 2.24) is 0 Å². The van der Waals surface area contributed by atoms with E-state index >= 15 is 0 Å². The van der Waals surface area contributed by atoms with Crippen molar-refractivity contribution in [2.75, 3.05) is 11.9 Å². The Kier molecular flexibility index (Phi) is 4.61. The van der Waals surface area contributed by atoms with Gasteiger partial charge in [0.1, 0.15) is 5.82 Å². The molecule has 0 fully saturated rings. The number of nitrogens with zero attached hydrogens (tertiary/aromatic N) is 2. The summed E-state index contributed by atoms with van der Waals surface area (Å²) in [7, 11) is 1.81. The zero-order valence-electron chi connectivity index (χ0n) is 10.7. The van der Waals surface area contributed by atoms with E-state index in [2.05, 4.69) is 21.1 Å². The van der Waals surface area contributed by atoms with Crippen LogP contribution >= 0.6 is 27.3 Å². The lowest BCUT2D eigenvalue weighted by atomic mass is 10.1. The largest absolute Gasteiger partial charge is 0.409 e. The molecule has 0 bridgehead atoms. The van der Waals surface area contributed by atoms with Crippen LogP contribution in [0.25, 0.3) is 0 Å². The van der Waals surface area contributed by atoms with Crippen molar-refractivity contribution in [2.45, 2.75) is 6.54 Å². The van der Waals surface area contributed by atoms with Crippen molar-refractivity contribution in [3.05, 3.63) is 50.4 Å². The van der Waals surface area contributed by atoms with Gasteiger partial charge in [-0.3, -0.25) is 0 Å². The lowest BCUT2D eigenvalue weighted by Crippen LogP contribution is -2.18. The molecule has 1 aromatic carbocycles. The van der Waals surface area contributed by atoms with Crippen LogP contribution in [-0.2, 0) is 6.54 Å². The van der Waals surface area contributed by atoms with Gasteiger partial charge in [-0.15, -0.1) is 11.3 Å². The van der Waals surface area contributed by atoms with Crippen LogP contribution < -0.4 is 10.6 Å². The summed E-state index contributed by atoms with van der Waals surface area (Å²) in [6, 6.07) is 6.49. The maximum Gasteiger partial charge on any atom is 0.170 e. The van der Waals surface area contributed by atoms with Crippen LogP contribution in [-0.4, -0.2) is 18.1 Å². The molecule has 0 unspecified atom stereocenters. The molecule has 0 spiro atoms. The van der Waals surface area contributed by atoms with Crippen LogP contribution in [0.1, 0.15) is 10.4 Å².